The molecule has 1 heterocycles. The summed E-state index contributed by atoms with van der Waals surface area (Å²) in [4.78, 5) is 15.6. The number of hydrogen-bond donors (Lipinski definition) is 0. The van der Waals surface area contributed by atoms with Crippen LogP contribution >= 0.6 is 0 Å². The van der Waals surface area contributed by atoms with Gasteiger partial charge in [-0.15, -0.1) is 0 Å². The van der Waals surface area contributed by atoms with Crippen molar-refractivity contribution >= 4 is 5.78 Å². The zero-order chi connectivity index (χ0) is 16.5. The van der Waals surface area contributed by atoms with Crippen molar-refractivity contribution in [3.63, 3.8) is 0 Å². The zero-order valence-electron chi connectivity index (χ0n) is 12.9. The molecule has 0 atom stereocenters. The Hall–Kier alpha value is -2.31. The Labute approximate surface area is 126 Å². The maximum atomic E-state index is 13.7. The topological polar surface area (TPSA) is 57.0 Å². The minimum atomic E-state index is -0.945. The number of halogens is 2. The third-order valence-corrected chi connectivity index (χ3v) is 2.98. The van der Waals surface area contributed by atoms with Gasteiger partial charge in [0.2, 0.25) is 0 Å². The quantitative estimate of drug-likeness (QED) is 0.814. The van der Waals surface area contributed by atoms with E-state index in [1.54, 1.807) is 4.68 Å². The molecule has 0 aliphatic carbocycles. The van der Waals surface area contributed by atoms with Crippen LogP contribution in [-0.2, 0) is 12.1 Å². The number of carbonyl (C=O) groups excluding carboxylic acids is 1. The smallest absolute Gasteiger partial charge is 0.166 e. The Kier molecular flexibility index (Phi) is 4.25. The molecule has 0 unspecified atom stereocenters. The highest BCUT2D eigenvalue weighted by atomic mass is 19.1. The van der Waals surface area contributed by atoms with E-state index in [1.807, 2.05) is 20.8 Å². The monoisotopic (exact) mass is 309 g/mol. The first-order valence-corrected chi connectivity index (χ1v) is 6.72. The molecule has 1 aromatic heterocycles. The Morgan fingerprint density at radius 3 is 2.59 bits per heavy atom. The van der Waals surface area contributed by atoms with Crippen LogP contribution in [0.25, 0.3) is 0 Å². The first kappa shape index (κ1) is 16.1. The number of ether oxygens (including phenoxy) is 1. The van der Waals surface area contributed by atoms with E-state index in [1.165, 1.54) is 13.3 Å². The summed E-state index contributed by atoms with van der Waals surface area (Å²) >= 11 is 0. The van der Waals surface area contributed by atoms with Crippen LogP contribution in [0.15, 0.2) is 18.5 Å². The summed E-state index contributed by atoms with van der Waals surface area (Å²) in [5, 5.41) is 4.10. The standard InChI is InChI=1S/C15H17F2N3O2/c1-9(21)14-11(17)5-10(16)6-12(14)22-7-13-18-8-19-20(13)15(2,3)4/h5-6,8H,7H2,1-4H3. The second-order valence-corrected chi connectivity index (χ2v) is 5.86. The lowest BCUT2D eigenvalue weighted by Gasteiger charge is -2.21. The van der Waals surface area contributed by atoms with Gasteiger partial charge >= 0.3 is 0 Å². The van der Waals surface area contributed by atoms with Gasteiger partial charge in [-0.05, 0) is 27.7 Å². The second-order valence-electron chi connectivity index (χ2n) is 5.86. The lowest BCUT2D eigenvalue weighted by atomic mass is 10.1. The lowest BCUT2D eigenvalue weighted by Crippen LogP contribution is -2.26. The molecule has 7 heteroatoms. The molecule has 0 amide bonds. The van der Waals surface area contributed by atoms with Gasteiger partial charge in [-0.3, -0.25) is 4.79 Å². The molecule has 0 saturated carbocycles. The number of benzene rings is 1. The SMILES string of the molecule is CC(=O)c1c(F)cc(F)cc1OCc1ncnn1C(C)(C)C. The van der Waals surface area contributed by atoms with Gasteiger partial charge in [0.1, 0.15) is 30.3 Å². The van der Waals surface area contributed by atoms with Gasteiger partial charge in [0.25, 0.3) is 0 Å². The first-order valence-electron chi connectivity index (χ1n) is 6.72. The Morgan fingerprint density at radius 2 is 2.00 bits per heavy atom. The van der Waals surface area contributed by atoms with E-state index in [2.05, 4.69) is 10.1 Å². The van der Waals surface area contributed by atoms with Crippen molar-refractivity contribution in [3.8, 4) is 5.75 Å². The van der Waals surface area contributed by atoms with Crippen LogP contribution in [0.4, 0.5) is 8.78 Å². The highest BCUT2D eigenvalue weighted by Crippen LogP contribution is 2.25. The van der Waals surface area contributed by atoms with E-state index in [-0.39, 0.29) is 23.5 Å². The summed E-state index contributed by atoms with van der Waals surface area (Å²) in [5.74, 6) is -1.94. The fourth-order valence-electron chi connectivity index (χ4n) is 2.07. The zero-order valence-corrected chi connectivity index (χ0v) is 12.9. The Balaban J connectivity index is 2.30. The average Bonchev–Trinajstić information content (AvgIpc) is 2.82. The molecule has 118 valence electrons. The van der Waals surface area contributed by atoms with E-state index >= 15 is 0 Å². The fraction of sp³-hybridized carbons (Fsp3) is 0.400. The third-order valence-electron chi connectivity index (χ3n) is 2.98. The molecule has 2 aromatic rings. The molecule has 0 radical (unpaired) electrons. The minimum absolute atomic E-state index is 0.0551. The van der Waals surface area contributed by atoms with Gasteiger partial charge in [0.15, 0.2) is 11.6 Å². The summed E-state index contributed by atoms with van der Waals surface area (Å²) in [7, 11) is 0. The van der Waals surface area contributed by atoms with Gasteiger partial charge in [-0.25, -0.2) is 18.4 Å². The Bertz CT molecular complexity index is 705. The maximum Gasteiger partial charge on any atom is 0.166 e. The molecule has 0 spiro atoms. The molecule has 0 bridgehead atoms. The first-order chi connectivity index (χ1) is 10.2. The van der Waals surface area contributed by atoms with Crippen molar-refractivity contribution in [2.75, 3.05) is 0 Å². The highest BCUT2D eigenvalue weighted by molar-refractivity contribution is 5.97. The van der Waals surface area contributed by atoms with E-state index in [4.69, 9.17) is 4.74 Å². The molecule has 22 heavy (non-hydrogen) atoms. The molecule has 2 rings (SSSR count). The van der Waals surface area contributed by atoms with Gasteiger partial charge in [-0.2, -0.15) is 5.10 Å². The molecular formula is C15H17F2N3O2. The molecular weight excluding hydrogens is 292 g/mol. The summed E-state index contributed by atoms with van der Waals surface area (Å²) < 4.78 is 34.1. The van der Waals surface area contributed by atoms with Crippen LogP contribution in [0.3, 0.4) is 0 Å². The lowest BCUT2D eigenvalue weighted by molar-refractivity contribution is 0.100. The van der Waals surface area contributed by atoms with Gasteiger partial charge in [-0.1, -0.05) is 0 Å². The molecule has 5 nitrogen and oxygen atoms in total. The minimum Gasteiger partial charge on any atom is -0.485 e. The largest absolute Gasteiger partial charge is 0.485 e. The van der Waals surface area contributed by atoms with Crippen LogP contribution in [0.5, 0.6) is 5.75 Å². The van der Waals surface area contributed by atoms with Crippen LogP contribution in [-0.4, -0.2) is 20.5 Å². The van der Waals surface area contributed by atoms with Crippen LogP contribution in [0, 0.1) is 11.6 Å². The van der Waals surface area contributed by atoms with Crippen molar-refractivity contribution in [1.29, 1.82) is 0 Å². The molecule has 0 aliphatic heterocycles. The molecule has 0 N–H and O–H groups in total. The van der Waals surface area contributed by atoms with E-state index < -0.39 is 17.4 Å². The number of nitrogens with zero attached hydrogens (tertiary/aromatic N) is 3. The van der Waals surface area contributed by atoms with Gasteiger partial charge in [0.05, 0.1) is 11.1 Å². The second kappa shape index (κ2) is 5.82. The van der Waals surface area contributed by atoms with Gasteiger partial charge < -0.3 is 4.74 Å². The predicted molar refractivity (Wildman–Crippen MR) is 75.7 cm³/mol. The van der Waals surface area contributed by atoms with Crippen molar-refractivity contribution in [2.45, 2.75) is 39.8 Å². The number of ketones is 1. The van der Waals surface area contributed by atoms with Crippen LogP contribution in [0.1, 0.15) is 43.9 Å². The van der Waals surface area contributed by atoms with Crippen LogP contribution < -0.4 is 4.74 Å². The van der Waals surface area contributed by atoms with E-state index in [9.17, 15) is 13.6 Å². The highest BCUT2D eigenvalue weighted by Gasteiger charge is 2.21. The molecule has 0 fully saturated rings. The van der Waals surface area contributed by atoms with Gasteiger partial charge in [0, 0.05) is 12.1 Å². The van der Waals surface area contributed by atoms with Crippen molar-refractivity contribution in [3.05, 3.63) is 41.5 Å². The van der Waals surface area contributed by atoms with Crippen molar-refractivity contribution in [2.24, 2.45) is 0 Å². The number of aromatic nitrogens is 3. The molecule has 0 aliphatic rings. The van der Waals surface area contributed by atoms with Crippen molar-refractivity contribution in [1.82, 2.24) is 14.8 Å². The summed E-state index contributed by atoms with van der Waals surface area (Å²) in [6.07, 6.45) is 1.38. The average molecular weight is 309 g/mol. The van der Waals surface area contributed by atoms with Crippen molar-refractivity contribution < 1.29 is 18.3 Å². The molecule has 0 saturated heterocycles. The number of carbonyl (C=O) groups is 1. The van der Waals surface area contributed by atoms with E-state index in [0.29, 0.717) is 11.9 Å². The summed E-state index contributed by atoms with van der Waals surface area (Å²) in [5.41, 5.74) is -0.588. The number of rotatable bonds is 4. The summed E-state index contributed by atoms with van der Waals surface area (Å²) in [6, 6.07) is 1.64. The number of hydrogen-bond acceptors (Lipinski definition) is 4. The molecule has 1 aromatic carbocycles. The van der Waals surface area contributed by atoms with Crippen LogP contribution in [0.2, 0.25) is 0 Å². The summed E-state index contributed by atoms with van der Waals surface area (Å²) in [6.45, 7) is 6.96. The normalized spacial score (nSPS) is 11.5. The maximum absolute atomic E-state index is 13.7. The third kappa shape index (κ3) is 3.29. The Morgan fingerprint density at radius 1 is 1.32 bits per heavy atom. The van der Waals surface area contributed by atoms with E-state index in [0.717, 1.165) is 6.07 Å². The fourth-order valence-corrected chi connectivity index (χ4v) is 2.07. The number of Topliss-reactive ketones (excluding diaryl/α,β-unsaturated/α-hetero) is 1. The predicted octanol–water partition coefficient (Wildman–Crippen LogP) is 3.09.